The Hall–Kier alpha value is -2.99. The Morgan fingerprint density at radius 2 is 1.96 bits per heavy atom. The van der Waals surface area contributed by atoms with Gasteiger partial charge >= 0.3 is 0 Å². The lowest BCUT2D eigenvalue weighted by molar-refractivity contribution is -0.116. The number of carbonyl (C=O) groups is 1. The molecule has 1 unspecified atom stereocenters. The number of benzene rings is 2. The summed E-state index contributed by atoms with van der Waals surface area (Å²) in [5.74, 6) is 2.29. The maximum Gasteiger partial charge on any atom is 0.231 e. The fraction of sp³-hybridized carbons (Fsp3) is 0.190. The van der Waals surface area contributed by atoms with E-state index < -0.39 is 0 Å². The van der Waals surface area contributed by atoms with E-state index in [0.717, 1.165) is 44.5 Å². The zero-order chi connectivity index (χ0) is 18.4. The van der Waals surface area contributed by atoms with Gasteiger partial charge in [0.2, 0.25) is 12.7 Å². The molecule has 0 saturated carbocycles. The molecule has 0 aliphatic carbocycles. The zero-order valence-electron chi connectivity index (χ0n) is 14.7. The van der Waals surface area contributed by atoms with Crippen molar-refractivity contribution in [2.24, 2.45) is 0 Å². The first-order chi connectivity index (χ1) is 13.2. The molecule has 5 nitrogen and oxygen atoms in total. The van der Waals surface area contributed by atoms with E-state index in [2.05, 4.69) is 10.7 Å². The monoisotopic (exact) mass is 379 g/mol. The number of hydrogen-bond donors (Lipinski definition) is 1. The highest BCUT2D eigenvalue weighted by Crippen LogP contribution is 2.49. The molecule has 136 valence electrons. The minimum Gasteiger partial charge on any atom is -0.496 e. The molecule has 0 spiro atoms. The van der Waals surface area contributed by atoms with Crippen LogP contribution in [0.15, 0.2) is 47.8 Å². The second-order valence-electron chi connectivity index (χ2n) is 6.51. The van der Waals surface area contributed by atoms with Crippen LogP contribution in [0.4, 0.5) is 5.69 Å². The van der Waals surface area contributed by atoms with Gasteiger partial charge < -0.3 is 19.5 Å². The van der Waals surface area contributed by atoms with Gasteiger partial charge in [0.05, 0.1) is 12.8 Å². The van der Waals surface area contributed by atoms with Crippen molar-refractivity contribution in [1.29, 1.82) is 0 Å². The lowest BCUT2D eigenvalue weighted by Gasteiger charge is -2.24. The van der Waals surface area contributed by atoms with Gasteiger partial charge in [0.25, 0.3) is 0 Å². The van der Waals surface area contributed by atoms with E-state index >= 15 is 0 Å². The molecule has 3 aromatic rings. The van der Waals surface area contributed by atoms with Crippen LogP contribution in [-0.4, -0.2) is 19.8 Å². The number of para-hydroxylation sites is 1. The Morgan fingerprint density at radius 3 is 2.85 bits per heavy atom. The molecule has 3 heterocycles. The van der Waals surface area contributed by atoms with E-state index in [9.17, 15) is 4.79 Å². The van der Waals surface area contributed by atoms with Crippen LogP contribution in [0.25, 0.3) is 11.1 Å². The van der Waals surface area contributed by atoms with Gasteiger partial charge in [0, 0.05) is 33.7 Å². The zero-order valence-corrected chi connectivity index (χ0v) is 15.5. The van der Waals surface area contributed by atoms with Crippen LogP contribution in [0.3, 0.4) is 0 Å². The van der Waals surface area contributed by atoms with Gasteiger partial charge in [-0.25, -0.2) is 0 Å². The number of anilines is 1. The summed E-state index contributed by atoms with van der Waals surface area (Å²) in [5.41, 5.74) is 3.91. The molecule has 1 N–H and O–H groups in total. The summed E-state index contributed by atoms with van der Waals surface area (Å²) in [5, 5.41) is 5.16. The number of methoxy groups -OCH3 is 1. The fourth-order valence-corrected chi connectivity index (χ4v) is 4.84. The summed E-state index contributed by atoms with van der Waals surface area (Å²) in [4.78, 5) is 13.6. The number of fused-ring (bicyclic) bond motifs is 2. The predicted octanol–water partition coefficient (Wildman–Crippen LogP) is 4.63. The third-order valence-corrected chi connectivity index (χ3v) is 6.08. The molecule has 1 aromatic heterocycles. The molecule has 27 heavy (non-hydrogen) atoms. The second kappa shape index (κ2) is 6.32. The Bertz CT molecular complexity index is 1040. The lowest BCUT2D eigenvalue weighted by atomic mass is 9.89. The molecule has 2 aliphatic heterocycles. The van der Waals surface area contributed by atoms with E-state index in [0.29, 0.717) is 6.42 Å². The van der Waals surface area contributed by atoms with Gasteiger partial charge in [-0.3, -0.25) is 4.79 Å². The number of amides is 1. The molecule has 5 rings (SSSR count). The van der Waals surface area contributed by atoms with Crippen molar-refractivity contribution in [3.8, 4) is 28.4 Å². The molecular weight excluding hydrogens is 362 g/mol. The van der Waals surface area contributed by atoms with Gasteiger partial charge in [0.15, 0.2) is 11.5 Å². The topological polar surface area (TPSA) is 56.8 Å². The number of ether oxygens (including phenoxy) is 3. The number of nitrogens with one attached hydrogen (secondary N) is 1. The lowest BCUT2D eigenvalue weighted by Crippen LogP contribution is -2.22. The van der Waals surface area contributed by atoms with Crippen molar-refractivity contribution in [2.45, 2.75) is 12.3 Å². The first-order valence-corrected chi connectivity index (χ1v) is 9.56. The fourth-order valence-electron chi connectivity index (χ4n) is 3.69. The highest BCUT2D eigenvalue weighted by Gasteiger charge is 2.32. The van der Waals surface area contributed by atoms with Crippen LogP contribution in [0.5, 0.6) is 17.2 Å². The van der Waals surface area contributed by atoms with E-state index in [1.54, 1.807) is 18.4 Å². The molecule has 2 aromatic carbocycles. The largest absolute Gasteiger partial charge is 0.496 e. The van der Waals surface area contributed by atoms with Crippen LogP contribution >= 0.6 is 11.3 Å². The summed E-state index contributed by atoms with van der Waals surface area (Å²) in [6.45, 7) is 0.242. The molecule has 1 atom stereocenters. The summed E-state index contributed by atoms with van der Waals surface area (Å²) >= 11 is 1.66. The van der Waals surface area contributed by atoms with E-state index in [1.807, 2.05) is 42.5 Å². The summed E-state index contributed by atoms with van der Waals surface area (Å²) in [6, 6.07) is 13.8. The summed E-state index contributed by atoms with van der Waals surface area (Å²) in [7, 11) is 1.66. The average molecular weight is 379 g/mol. The minimum absolute atomic E-state index is 0.00305. The van der Waals surface area contributed by atoms with E-state index in [-0.39, 0.29) is 18.6 Å². The first-order valence-electron chi connectivity index (χ1n) is 8.69. The molecule has 0 bridgehead atoms. The molecular formula is C21H17NO4S. The van der Waals surface area contributed by atoms with Gasteiger partial charge in [-0.2, -0.15) is 0 Å². The third-order valence-electron chi connectivity index (χ3n) is 4.99. The second-order valence-corrected chi connectivity index (χ2v) is 7.42. The quantitative estimate of drug-likeness (QED) is 0.721. The number of hydrogen-bond acceptors (Lipinski definition) is 5. The van der Waals surface area contributed by atoms with Crippen molar-refractivity contribution in [1.82, 2.24) is 0 Å². The Kier molecular flexibility index (Phi) is 3.79. The average Bonchev–Trinajstić information content (AvgIpc) is 3.33. The van der Waals surface area contributed by atoms with Crippen molar-refractivity contribution in [3.63, 3.8) is 0 Å². The molecule has 0 radical (unpaired) electrons. The Morgan fingerprint density at radius 1 is 1.11 bits per heavy atom. The van der Waals surface area contributed by atoms with Crippen molar-refractivity contribution < 1.29 is 19.0 Å². The molecule has 1 amide bonds. The van der Waals surface area contributed by atoms with Crippen molar-refractivity contribution in [2.75, 3.05) is 19.2 Å². The predicted molar refractivity (Wildman–Crippen MR) is 104 cm³/mol. The summed E-state index contributed by atoms with van der Waals surface area (Å²) in [6.07, 6.45) is 0.415. The van der Waals surface area contributed by atoms with Gasteiger partial charge in [0.1, 0.15) is 5.75 Å². The third kappa shape index (κ3) is 2.64. The normalized spacial score (nSPS) is 17.4. The van der Waals surface area contributed by atoms with Gasteiger partial charge in [-0.15, -0.1) is 11.3 Å². The van der Waals surface area contributed by atoms with Crippen LogP contribution in [0.2, 0.25) is 0 Å². The van der Waals surface area contributed by atoms with E-state index in [1.165, 1.54) is 0 Å². The highest BCUT2D eigenvalue weighted by atomic mass is 32.1. The number of thiophene rings is 1. The van der Waals surface area contributed by atoms with Crippen LogP contribution < -0.4 is 19.5 Å². The Labute approximate surface area is 160 Å². The van der Waals surface area contributed by atoms with Crippen molar-refractivity contribution >= 4 is 22.9 Å². The standard InChI is InChI=1S/C21H17NO4S/c1-24-16-5-3-2-4-13(16)15-10-27-21-14(9-19(23)22-20(15)21)12-6-7-17-18(8-12)26-11-25-17/h2-8,10,14H,9,11H2,1H3,(H,22,23). The maximum atomic E-state index is 12.5. The van der Waals surface area contributed by atoms with Crippen LogP contribution in [0.1, 0.15) is 22.8 Å². The molecule has 2 aliphatic rings. The highest BCUT2D eigenvalue weighted by molar-refractivity contribution is 7.11. The smallest absolute Gasteiger partial charge is 0.231 e. The van der Waals surface area contributed by atoms with Crippen molar-refractivity contribution in [3.05, 3.63) is 58.3 Å². The first kappa shape index (κ1) is 16.2. The van der Waals surface area contributed by atoms with Gasteiger partial charge in [-0.1, -0.05) is 24.3 Å². The SMILES string of the molecule is COc1ccccc1-c1csc2c1NC(=O)CC2c1ccc2c(c1)OCO2. The van der Waals surface area contributed by atoms with Crippen LogP contribution in [0, 0.1) is 0 Å². The number of rotatable bonds is 3. The maximum absolute atomic E-state index is 12.5. The number of carbonyl (C=O) groups excluding carboxylic acids is 1. The molecule has 6 heteroatoms. The minimum atomic E-state index is -0.00305. The molecule has 0 fully saturated rings. The Balaban J connectivity index is 1.61. The molecule has 0 saturated heterocycles. The summed E-state index contributed by atoms with van der Waals surface area (Å²) < 4.78 is 16.4. The van der Waals surface area contributed by atoms with Gasteiger partial charge in [-0.05, 0) is 23.8 Å². The van der Waals surface area contributed by atoms with E-state index in [4.69, 9.17) is 14.2 Å². The van der Waals surface area contributed by atoms with Crippen LogP contribution in [-0.2, 0) is 4.79 Å².